The molecule has 1 fully saturated rings. The Morgan fingerprint density at radius 2 is 1.93 bits per heavy atom. The minimum Gasteiger partial charge on any atom is -0.481 e. The molecule has 2 N–H and O–H groups in total. The van der Waals surface area contributed by atoms with Crippen LogP contribution in [-0.2, 0) is 9.59 Å². The number of hydrogen-bond acceptors (Lipinski definition) is 2. The lowest BCUT2D eigenvalue weighted by molar-refractivity contribution is -0.146. The van der Waals surface area contributed by atoms with Crippen molar-refractivity contribution in [2.24, 2.45) is 11.8 Å². The molecule has 86 valence electrons. The fraction of sp³-hybridized carbons (Fsp3) is 0.818. The molecule has 0 aromatic rings. The van der Waals surface area contributed by atoms with E-state index in [0.717, 1.165) is 12.8 Å². The van der Waals surface area contributed by atoms with Gasteiger partial charge in [0, 0.05) is 6.54 Å². The summed E-state index contributed by atoms with van der Waals surface area (Å²) in [6.45, 7) is 2.05. The van der Waals surface area contributed by atoms with Crippen molar-refractivity contribution >= 4 is 11.9 Å². The Morgan fingerprint density at radius 1 is 1.33 bits per heavy atom. The summed E-state index contributed by atoms with van der Waals surface area (Å²) in [7, 11) is 0. The highest BCUT2D eigenvalue weighted by molar-refractivity contribution is 5.96. The van der Waals surface area contributed by atoms with E-state index in [2.05, 4.69) is 5.32 Å². The van der Waals surface area contributed by atoms with Gasteiger partial charge in [0.1, 0.15) is 5.92 Å². The quantitative estimate of drug-likeness (QED) is 0.694. The third-order valence-electron chi connectivity index (χ3n) is 3.05. The van der Waals surface area contributed by atoms with Gasteiger partial charge in [-0.1, -0.05) is 19.3 Å². The van der Waals surface area contributed by atoms with Crippen LogP contribution in [0.2, 0.25) is 0 Å². The third kappa shape index (κ3) is 3.90. The third-order valence-corrected chi connectivity index (χ3v) is 3.05. The van der Waals surface area contributed by atoms with Crippen LogP contribution < -0.4 is 5.32 Å². The summed E-state index contributed by atoms with van der Waals surface area (Å²) in [6.07, 6.45) is 6.06. The summed E-state index contributed by atoms with van der Waals surface area (Å²) < 4.78 is 0. The van der Waals surface area contributed by atoms with E-state index in [1.54, 1.807) is 0 Å². The molecule has 1 atom stereocenters. The molecule has 1 rings (SSSR count). The maximum Gasteiger partial charge on any atom is 0.315 e. The van der Waals surface area contributed by atoms with Crippen molar-refractivity contribution in [3.63, 3.8) is 0 Å². The molecule has 0 bridgehead atoms. The van der Waals surface area contributed by atoms with Gasteiger partial charge in [0.25, 0.3) is 0 Å². The second-order valence-electron chi connectivity index (χ2n) is 4.31. The van der Waals surface area contributed by atoms with Gasteiger partial charge in [-0.3, -0.25) is 9.59 Å². The molecule has 0 spiro atoms. The average molecular weight is 213 g/mol. The van der Waals surface area contributed by atoms with Gasteiger partial charge in [-0.2, -0.15) is 0 Å². The largest absolute Gasteiger partial charge is 0.481 e. The molecule has 1 saturated carbocycles. The molecule has 1 aliphatic rings. The molecule has 1 amide bonds. The fourth-order valence-corrected chi connectivity index (χ4v) is 1.90. The highest BCUT2D eigenvalue weighted by atomic mass is 16.4. The van der Waals surface area contributed by atoms with Gasteiger partial charge in [0.05, 0.1) is 0 Å². The lowest BCUT2D eigenvalue weighted by Crippen LogP contribution is -2.36. The molecular weight excluding hydrogens is 194 g/mol. The summed E-state index contributed by atoms with van der Waals surface area (Å²) in [6, 6.07) is 0. The molecule has 4 heteroatoms. The molecule has 15 heavy (non-hydrogen) atoms. The van der Waals surface area contributed by atoms with E-state index in [1.807, 2.05) is 0 Å². The van der Waals surface area contributed by atoms with Crippen molar-refractivity contribution in [1.82, 2.24) is 5.32 Å². The monoisotopic (exact) mass is 213 g/mol. The number of hydrogen-bond donors (Lipinski definition) is 2. The molecule has 1 aliphatic carbocycles. The van der Waals surface area contributed by atoms with Crippen molar-refractivity contribution in [2.45, 2.75) is 39.0 Å². The van der Waals surface area contributed by atoms with E-state index >= 15 is 0 Å². The van der Waals surface area contributed by atoms with Gasteiger partial charge in [0.15, 0.2) is 0 Å². The van der Waals surface area contributed by atoms with Crippen LogP contribution in [0.25, 0.3) is 0 Å². The number of carbonyl (C=O) groups excluding carboxylic acids is 1. The minimum atomic E-state index is -1.06. The van der Waals surface area contributed by atoms with E-state index < -0.39 is 11.9 Å². The van der Waals surface area contributed by atoms with Crippen LogP contribution >= 0.6 is 0 Å². The van der Waals surface area contributed by atoms with Gasteiger partial charge in [-0.15, -0.1) is 0 Å². The van der Waals surface area contributed by atoms with E-state index in [-0.39, 0.29) is 5.91 Å². The van der Waals surface area contributed by atoms with Gasteiger partial charge in [0.2, 0.25) is 5.91 Å². The number of carboxylic acid groups (broad SMARTS) is 1. The standard InChI is InChI=1S/C11H19NO3/c1-8(11(14)15)10(13)12-7-9-5-3-2-4-6-9/h8-9H,2-7H2,1H3,(H,12,13)(H,14,15). The molecule has 0 aromatic carbocycles. The predicted octanol–water partition coefficient (Wildman–Crippen LogP) is 1.40. The van der Waals surface area contributed by atoms with Crippen LogP contribution in [-0.4, -0.2) is 23.5 Å². The highest BCUT2D eigenvalue weighted by Gasteiger charge is 2.21. The SMILES string of the molecule is CC(C(=O)O)C(=O)NCC1CCCCC1. The number of aliphatic carboxylic acids is 1. The predicted molar refractivity (Wildman–Crippen MR) is 56.4 cm³/mol. The zero-order valence-electron chi connectivity index (χ0n) is 9.16. The number of carboxylic acids is 1. The number of amides is 1. The Labute approximate surface area is 90.0 Å². The summed E-state index contributed by atoms with van der Waals surface area (Å²) >= 11 is 0. The Balaban J connectivity index is 2.23. The van der Waals surface area contributed by atoms with Gasteiger partial charge in [-0.25, -0.2) is 0 Å². The second kappa shape index (κ2) is 5.73. The van der Waals surface area contributed by atoms with Crippen LogP contribution in [0.4, 0.5) is 0 Å². The van der Waals surface area contributed by atoms with Crippen molar-refractivity contribution in [3.05, 3.63) is 0 Å². The van der Waals surface area contributed by atoms with Gasteiger partial charge in [-0.05, 0) is 25.7 Å². The zero-order valence-corrected chi connectivity index (χ0v) is 9.16. The topological polar surface area (TPSA) is 66.4 Å². The molecule has 4 nitrogen and oxygen atoms in total. The van der Waals surface area contributed by atoms with Crippen LogP contribution in [0.5, 0.6) is 0 Å². The first-order chi connectivity index (χ1) is 7.11. The van der Waals surface area contributed by atoms with Crippen LogP contribution in [0.3, 0.4) is 0 Å². The lowest BCUT2D eigenvalue weighted by Gasteiger charge is -2.22. The Hall–Kier alpha value is -1.06. The smallest absolute Gasteiger partial charge is 0.315 e. The Kier molecular flexibility index (Phi) is 4.59. The molecule has 0 aliphatic heterocycles. The number of rotatable bonds is 4. The van der Waals surface area contributed by atoms with Gasteiger partial charge >= 0.3 is 5.97 Å². The molecule has 0 saturated heterocycles. The van der Waals surface area contributed by atoms with Crippen molar-refractivity contribution in [1.29, 1.82) is 0 Å². The van der Waals surface area contributed by atoms with Gasteiger partial charge < -0.3 is 10.4 Å². The van der Waals surface area contributed by atoms with Crippen LogP contribution in [0.1, 0.15) is 39.0 Å². The lowest BCUT2D eigenvalue weighted by atomic mass is 9.89. The Bertz CT molecular complexity index is 234. The summed E-state index contributed by atoms with van der Waals surface area (Å²) in [5.74, 6) is -1.82. The normalized spacial score (nSPS) is 19.5. The van der Waals surface area contributed by atoms with Crippen molar-refractivity contribution in [3.8, 4) is 0 Å². The second-order valence-corrected chi connectivity index (χ2v) is 4.31. The summed E-state index contributed by atoms with van der Waals surface area (Å²) in [5, 5.41) is 11.3. The van der Waals surface area contributed by atoms with Crippen LogP contribution in [0.15, 0.2) is 0 Å². The molecule has 1 unspecified atom stereocenters. The van der Waals surface area contributed by atoms with E-state index in [9.17, 15) is 9.59 Å². The molecule has 0 aromatic heterocycles. The fourth-order valence-electron chi connectivity index (χ4n) is 1.90. The van der Waals surface area contributed by atoms with E-state index in [1.165, 1.54) is 26.2 Å². The maximum absolute atomic E-state index is 11.3. The Morgan fingerprint density at radius 3 is 2.47 bits per heavy atom. The maximum atomic E-state index is 11.3. The minimum absolute atomic E-state index is 0.368. The van der Waals surface area contributed by atoms with Crippen molar-refractivity contribution in [2.75, 3.05) is 6.54 Å². The zero-order chi connectivity index (χ0) is 11.3. The van der Waals surface area contributed by atoms with Crippen LogP contribution in [0, 0.1) is 11.8 Å². The highest BCUT2D eigenvalue weighted by Crippen LogP contribution is 2.22. The first-order valence-electron chi connectivity index (χ1n) is 5.61. The first-order valence-corrected chi connectivity index (χ1v) is 5.61. The molecule has 0 radical (unpaired) electrons. The summed E-state index contributed by atoms with van der Waals surface area (Å²) in [4.78, 5) is 21.9. The number of carbonyl (C=O) groups is 2. The van der Waals surface area contributed by atoms with E-state index in [0.29, 0.717) is 12.5 Å². The first kappa shape index (κ1) is 12.0. The summed E-state index contributed by atoms with van der Waals surface area (Å²) in [5.41, 5.74) is 0. The molecule has 0 heterocycles. The molecular formula is C11H19NO3. The van der Waals surface area contributed by atoms with E-state index in [4.69, 9.17) is 5.11 Å². The average Bonchev–Trinajstić information content (AvgIpc) is 2.26. The van der Waals surface area contributed by atoms with Crippen molar-refractivity contribution < 1.29 is 14.7 Å². The number of nitrogens with one attached hydrogen (secondary N) is 1.